The number of likely N-dealkylation sites (N-methyl/N-ethyl adjacent to an activating group) is 1. The van der Waals surface area contributed by atoms with E-state index in [1.165, 1.54) is 6.42 Å². The Bertz CT molecular complexity index is 1030. The number of nitrogens with one attached hydrogen (secondary N) is 2. The van der Waals surface area contributed by atoms with Crippen molar-refractivity contribution in [2.45, 2.75) is 64.0 Å². The molecule has 3 heterocycles. The van der Waals surface area contributed by atoms with Gasteiger partial charge in [-0.3, -0.25) is 24.5 Å². The highest BCUT2D eigenvalue weighted by atomic mass is 16.2. The lowest BCUT2D eigenvalue weighted by atomic mass is 10.0. The molecule has 0 spiro atoms. The fourth-order valence-electron chi connectivity index (χ4n) is 5.30. The van der Waals surface area contributed by atoms with Crippen molar-refractivity contribution in [3.63, 3.8) is 0 Å². The van der Waals surface area contributed by atoms with Gasteiger partial charge < -0.3 is 20.0 Å². The number of likely N-dealkylation sites (tertiary alicyclic amines) is 1. The number of hydrogen-bond donors (Lipinski definition) is 2. The molecule has 1 atom stereocenters. The number of anilines is 1. The monoisotopic (exact) mass is 509 g/mol. The van der Waals surface area contributed by atoms with E-state index in [2.05, 4.69) is 22.6 Å². The van der Waals surface area contributed by atoms with E-state index in [-0.39, 0.29) is 30.0 Å². The maximum atomic E-state index is 12.9. The fraction of sp³-hybridized carbons (Fsp3) is 0.571. The number of unbranched alkanes of at least 4 members (excludes halogenated alkanes) is 2. The van der Waals surface area contributed by atoms with Crippen molar-refractivity contribution in [1.29, 1.82) is 0 Å². The molecule has 1 unspecified atom stereocenters. The predicted molar refractivity (Wildman–Crippen MR) is 142 cm³/mol. The molecule has 4 rings (SSSR count). The van der Waals surface area contributed by atoms with Crippen molar-refractivity contribution in [1.82, 2.24) is 20.0 Å². The first-order valence-corrected chi connectivity index (χ1v) is 13.6. The van der Waals surface area contributed by atoms with Crippen LogP contribution in [-0.4, -0.2) is 84.1 Å². The third kappa shape index (κ3) is 6.97. The number of carbonyl (C=O) groups is 4. The number of amides is 4. The lowest BCUT2D eigenvalue weighted by molar-refractivity contribution is -0.137. The Balaban J connectivity index is 1.15. The summed E-state index contributed by atoms with van der Waals surface area (Å²) in [5.74, 6) is -0.685. The second-order valence-corrected chi connectivity index (χ2v) is 10.3. The summed E-state index contributed by atoms with van der Waals surface area (Å²) in [4.78, 5) is 54.7. The quantitative estimate of drug-likeness (QED) is 0.270. The summed E-state index contributed by atoms with van der Waals surface area (Å²) in [5.41, 5.74) is 2.48. The van der Waals surface area contributed by atoms with Gasteiger partial charge in [0.2, 0.25) is 17.7 Å². The van der Waals surface area contributed by atoms with Gasteiger partial charge in [0.05, 0.1) is 0 Å². The maximum absolute atomic E-state index is 12.9. The van der Waals surface area contributed by atoms with Crippen LogP contribution < -0.4 is 10.6 Å². The summed E-state index contributed by atoms with van der Waals surface area (Å²) >= 11 is 0. The summed E-state index contributed by atoms with van der Waals surface area (Å²) < 4.78 is 0. The number of piperidine rings is 2. The Hall–Kier alpha value is -3.20. The molecule has 9 nitrogen and oxygen atoms in total. The Labute approximate surface area is 219 Å². The molecule has 0 aliphatic carbocycles. The molecule has 0 radical (unpaired) electrons. The molecular formula is C28H39N5O4. The van der Waals surface area contributed by atoms with Crippen LogP contribution in [0.3, 0.4) is 0 Å². The summed E-state index contributed by atoms with van der Waals surface area (Å²) in [6.45, 7) is 4.68. The lowest BCUT2D eigenvalue weighted by Gasteiger charge is -2.29. The van der Waals surface area contributed by atoms with E-state index < -0.39 is 6.04 Å². The predicted octanol–water partition coefficient (Wildman–Crippen LogP) is 2.53. The van der Waals surface area contributed by atoms with E-state index in [0.29, 0.717) is 18.5 Å². The normalized spacial score (nSPS) is 20.1. The largest absolute Gasteiger partial charge is 0.385 e. The molecule has 0 saturated carbocycles. The molecular weight excluding hydrogens is 470 g/mol. The molecule has 3 aliphatic rings. The highest BCUT2D eigenvalue weighted by Gasteiger charge is 2.39. The van der Waals surface area contributed by atoms with Gasteiger partial charge in [-0.05, 0) is 64.3 Å². The van der Waals surface area contributed by atoms with Gasteiger partial charge in [-0.1, -0.05) is 18.6 Å². The first kappa shape index (κ1) is 26.9. The van der Waals surface area contributed by atoms with Gasteiger partial charge in [0.1, 0.15) is 6.04 Å². The second kappa shape index (κ2) is 12.9. The van der Waals surface area contributed by atoms with Gasteiger partial charge in [0.15, 0.2) is 0 Å². The molecule has 37 heavy (non-hydrogen) atoms. The first-order valence-electron chi connectivity index (χ1n) is 13.6. The van der Waals surface area contributed by atoms with E-state index >= 15 is 0 Å². The summed E-state index contributed by atoms with van der Waals surface area (Å²) in [6.07, 6.45) is 10.9. The standard InChI is InChI=1S/C28H39N5O4/c1-31(17-9-12-26(35)32-18-6-3-7-19-32)16-5-2-4-15-29-23-11-8-10-21-22(23)20-33(28(21)37)24-13-14-25(34)30-27(24)36/h8-12,24,29H,2-7,13-20H2,1H3,(H,30,34,36)/b12-9+. The minimum atomic E-state index is -0.597. The van der Waals surface area contributed by atoms with E-state index in [1.807, 2.05) is 23.1 Å². The molecule has 200 valence electrons. The van der Waals surface area contributed by atoms with Gasteiger partial charge in [0, 0.05) is 62.0 Å². The minimum absolute atomic E-state index is 0.133. The van der Waals surface area contributed by atoms with Crippen LogP contribution in [-0.2, 0) is 20.9 Å². The third-order valence-electron chi connectivity index (χ3n) is 7.46. The highest BCUT2D eigenvalue weighted by Crippen LogP contribution is 2.32. The van der Waals surface area contributed by atoms with E-state index in [0.717, 1.165) is 76.1 Å². The SMILES string of the molecule is CN(C/C=C/C(=O)N1CCCCC1)CCCCCNc1cccc2c1CN(C1CCC(=O)NC1=O)C2=O. The molecule has 9 heteroatoms. The zero-order valence-corrected chi connectivity index (χ0v) is 21.8. The average Bonchev–Trinajstić information content (AvgIpc) is 3.23. The Morgan fingerprint density at radius 2 is 1.95 bits per heavy atom. The topological polar surface area (TPSA) is 102 Å². The Morgan fingerprint density at radius 3 is 2.73 bits per heavy atom. The van der Waals surface area contributed by atoms with Gasteiger partial charge in [-0.15, -0.1) is 0 Å². The molecule has 0 bridgehead atoms. The zero-order valence-electron chi connectivity index (χ0n) is 21.8. The molecule has 0 aromatic heterocycles. The van der Waals surface area contributed by atoms with Crippen LogP contribution in [0.2, 0.25) is 0 Å². The molecule has 1 aromatic rings. The Morgan fingerprint density at radius 1 is 1.14 bits per heavy atom. The zero-order chi connectivity index (χ0) is 26.2. The van der Waals surface area contributed by atoms with Crippen molar-refractivity contribution < 1.29 is 19.2 Å². The van der Waals surface area contributed by atoms with Crippen LogP contribution >= 0.6 is 0 Å². The van der Waals surface area contributed by atoms with Crippen LogP contribution in [0, 0.1) is 0 Å². The van der Waals surface area contributed by atoms with E-state index in [4.69, 9.17) is 0 Å². The molecule has 1 aromatic carbocycles. The third-order valence-corrected chi connectivity index (χ3v) is 7.46. The maximum Gasteiger partial charge on any atom is 0.255 e. The van der Waals surface area contributed by atoms with Crippen LogP contribution in [0.5, 0.6) is 0 Å². The van der Waals surface area contributed by atoms with Crippen LogP contribution in [0.1, 0.15) is 67.3 Å². The summed E-state index contributed by atoms with van der Waals surface area (Å²) in [5, 5.41) is 5.82. The fourth-order valence-corrected chi connectivity index (χ4v) is 5.30. The average molecular weight is 510 g/mol. The number of hydrogen-bond acceptors (Lipinski definition) is 6. The molecule has 3 aliphatic heterocycles. The highest BCUT2D eigenvalue weighted by molar-refractivity contribution is 6.06. The van der Waals surface area contributed by atoms with E-state index in [9.17, 15) is 19.2 Å². The Kier molecular flexibility index (Phi) is 9.33. The second-order valence-electron chi connectivity index (χ2n) is 10.3. The molecule has 4 amide bonds. The van der Waals surface area contributed by atoms with Crippen molar-refractivity contribution in [2.24, 2.45) is 0 Å². The minimum Gasteiger partial charge on any atom is -0.385 e. The summed E-state index contributed by atoms with van der Waals surface area (Å²) in [6, 6.07) is 5.05. The molecule has 2 saturated heterocycles. The summed E-state index contributed by atoms with van der Waals surface area (Å²) in [7, 11) is 2.08. The van der Waals surface area contributed by atoms with Crippen LogP contribution in [0.25, 0.3) is 0 Å². The van der Waals surface area contributed by atoms with Crippen LogP contribution in [0.4, 0.5) is 5.69 Å². The number of carbonyl (C=O) groups excluding carboxylic acids is 4. The van der Waals surface area contributed by atoms with Crippen LogP contribution in [0.15, 0.2) is 30.4 Å². The first-order chi connectivity index (χ1) is 17.9. The van der Waals surface area contributed by atoms with Crippen molar-refractivity contribution >= 4 is 29.3 Å². The number of benzene rings is 1. The molecule has 2 N–H and O–H groups in total. The number of fused-ring (bicyclic) bond motifs is 1. The van der Waals surface area contributed by atoms with Crippen molar-refractivity contribution in [3.05, 3.63) is 41.5 Å². The van der Waals surface area contributed by atoms with E-state index in [1.54, 1.807) is 17.0 Å². The number of imide groups is 1. The van der Waals surface area contributed by atoms with Crippen molar-refractivity contribution in [2.75, 3.05) is 45.1 Å². The number of nitrogens with zero attached hydrogens (tertiary/aromatic N) is 3. The van der Waals surface area contributed by atoms with Gasteiger partial charge >= 0.3 is 0 Å². The molecule has 2 fully saturated rings. The van der Waals surface area contributed by atoms with Gasteiger partial charge in [0.25, 0.3) is 5.91 Å². The van der Waals surface area contributed by atoms with Crippen molar-refractivity contribution in [3.8, 4) is 0 Å². The van der Waals surface area contributed by atoms with Gasteiger partial charge in [-0.25, -0.2) is 0 Å². The lowest BCUT2D eigenvalue weighted by Crippen LogP contribution is -2.52. The van der Waals surface area contributed by atoms with Gasteiger partial charge in [-0.2, -0.15) is 0 Å². The smallest absolute Gasteiger partial charge is 0.255 e. The number of rotatable bonds is 11.